The largest absolute Gasteiger partial charge is 0.463 e. The molecule has 0 aromatic heterocycles. The topological polar surface area (TPSA) is 96.3 Å². The number of aliphatic hydroxyl groups excluding tert-OH is 1. The van der Waals surface area contributed by atoms with Gasteiger partial charge in [-0.25, -0.2) is 4.79 Å². The summed E-state index contributed by atoms with van der Waals surface area (Å²) in [6, 6.07) is 0.0263. The van der Waals surface area contributed by atoms with Crippen LogP contribution in [0, 0.1) is 11.8 Å². The molecule has 6 atom stereocenters. The fourth-order valence-corrected chi connectivity index (χ4v) is 3.49. The van der Waals surface area contributed by atoms with Crippen LogP contribution in [0.5, 0.6) is 0 Å². The molecule has 144 valence electrons. The van der Waals surface area contributed by atoms with Gasteiger partial charge >= 0.3 is 11.9 Å². The molecule has 3 unspecified atom stereocenters. The number of carbonyl (C=O) groups excluding carboxylic acids is 2. The first-order chi connectivity index (χ1) is 11.7. The number of hydrogen-bond acceptors (Lipinski definition) is 7. The summed E-state index contributed by atoms with van der Waals surface area (Å²) >= 11 is 0. The summed E-state index contributed by atoms with van der Waals surface area (Å²) in [6.07, 6.45) is 0.839. The van der Waals surface area contributed by atoms with Crippen molar-refractivity contribution in [3.8, 4) is 0 Å². The third-order valence-electron chi connectivity index (χ3n) is 5.74. The van der Waals surface area contributed by atoms with E-state index < -0.39 is 23.6 Å². The molecule has 0 aliphatic carbocycles. The predicted octanol–water partition coefficient (Wildman–Crippen LogP) is 0.714. The van der Waals surface area contributed by atoms with Crippen molar-refractivity contribution in [3.05, 3.63) is 0 Å². The van der Waals surface area contributed by atoms with Gasteiger partial charge in [-0.2, -0.15) is 0 Å². The molecule has 2 heterocycles. The lowest BCUT2D eigenvalue weighted by Gasteiger charge is -2.29. The monoisotopic (exact) mass is 357 g/mol. The van der Waals surface area contributed by atoms with Crippen LogP contribution in [0.4, 0.5) is 0 Å². The number of esters is 2. The van der Waals surface area contributed by atoms with Crippen molar-refractivity contribution in [1.29, 1.82) is 0 Å². The van der Waals surface area contributed by atoms with E-state index in [1.54, 1.807) is 6.92 Å². The average molecular weight is 357 g/mol. The number of carbonyl (C=O) groups is 2. The minimum Gasteiger partial charge on any atom is -0.463 e. The van der Waals surface area contributed by atoms with Gasteiger partial charge in [0.05, 0.1) is 18.6 Å². The highest BCUT2D eigenvalue weighted by Crippen LogP contribution is 2.33. The van der Waals surface area contributed by atoms with E-state index in [9.17, 15) is 19.8 Å². The number of aliphatic hydroxyl groups is 2. The molecule has 0 aromatic rings. The number of nitrogens with zero attached hydrogens (tertiary/aromatic N) is 1. The zero-order chi connectivity index (χ0) is 18.8. The van der Waals surface area contributed by atoms with Crippen molar-refractivity contribution in [2.45, 2.75) is 70.8 Å². The highest BCUT2D eigenvalue weighted by Gasteiger charge is 2.45. The molecule has 0 aromatic carbocycles. The number of hydrogen-bond donors (Lipinski definition) is 2. The SMILES string of the molecule is CCC(C)C(=O)OC(C)C(C)(O)C(=O)OC[C@H]1CCN2CC[C@@H](O)[C@@H]12. The van der Waals surface area contributed by atoms with Gasteiger partial charge in [0.2, 0.25) is 0 Å². The van der Waals surface area contributed by atoms with Gasteiger partial charge in [-0.05, 0) is 39.7 Å². The molecule has 7 heteroatoms. The molecule has 2 saturated heterocycles. The van der Waals surface area contributed by atoms with Gasteiger partial charge in [0, 0.05) is 18.5 Å². The van der Waals surface area contributed by atoms with E-state index in [2.05, 4.69) is 4.90 Å². The summed E-state index contributed by atoms with van der Waals surface area (Å²) in [5.74, 6) is -1.47. The quantitative estimate of drug-likeness (QED) is 0.648. The summed E-state index contributed by atoms with van der Waals surface area (Å²) in [7, 11) is 0. The molecule has 0 bridgehead atoms. The smallest absolute Gasteiger partial charge is 0.341 e. The van der Waals surface area contributed by atoms with Crippen LogP contribution in [0.3, 0.4) is 0 Å². The predicted molar refractivity (Wildman–Crippen MR) is 90.7 cm³/mol. The van der Waals surface area contributed by atoms with Crippen molar-refractivity contribution >= 4 is 11.9 Å². The first-order valence-electron chi connectivity index (χ1n) is 9.20. The minimum absolute atomic E-state index is 0.0263. The van der Waals surface area contributed by atoms with E-state index in [0.29, 0.717) is 6.42 Å². The van der Waals surface area contributed by atoms with Crippen LogP contribution in [-0.2, 0) is 19.1 Å². The third kappa shape index (κ3) is 4.33. The Labute approximate surface area is 149 Å². The molecule has 2 fully saturated rings. The minimum atomic E-state index is -1.91. The van der Waals surface area contributed by atoms with Crippen molar-refractivity contribution in [2.24, 2.45) is 11.8 Å². The summed E-state index contributed by atoms with van der Waals surface area (Å²) < 4.78 is 10.5. The Bertz CT molecular complexity index is 494. The first kappa shape index (κ1) is 20.1. The molecular weight excluding hydrogens is 326 g/mol. The van der Waals surface area contributed by atoms with E-state index in [-0.39, 0.29) is 30.6 Å². The lowest BCUT2D eigenvalue weighted by Crippen LogP contribution is -2.49. The molecule has 25 heavy (non-hydrogen) atoms. The number of fused-ring (bicyclic) bond motifs is 1. The fraction of sp³-hybridized carbons (Fsp3) is 0.889. The Balaban J connectivity index is 1.87. The van der Waals surface area contributed by atoms with Gasteiger partial charge in [0.15, 0.2) is 5.60 Å². The van der Waals surface area contributed by atoms with Gasteiger partial charge in [-0.15, -0.1) is 0 Å². The lowest BCUT2D eigenvalue weighted by molar-refractivity contribution is -0.186. The molecule has 2 N–H and O–H groups in total. The molecule has 0 spiro atoms. The van der Waals surface area contributed by atoms with Crippen LogP contribution in [0.25, 0.3) is 0 Å². The summed E-state index contributed by atoms with van der Waals surface area (Å²) in [5, 5.41) is 20.5. The normalized spacial score (nSPS) is 31.0. The Kier molecular flexibility index (Phi) is 6.45. The standard InChI is InChI=1S/C18H31NO6/c1-5-11(2)16(21)25-12(3)18(4,23)17(22)24-10-13-6-8-19-9-7-14(20)15(13)19/h11-15,20,23H,5-10H2,1-4H3/t11?,12?,13-,14-,15-,18?/m1/s1. The molecule has 0 radical (unpaired) electrons. The molecule has 7 nitrogen and oxygen atoms in total. The van der Waals surface area contributed by atoms with E-state index in [0.717, 1.165) is 25.9 Å². The summed E-state index contributed by atoms with van der Waals surface area (Å²) in [4.78, 5) is 26.4. The zero-order valence-corrected chi connectivity index (χ0v) is 15.6. The molecule has 2 aliphatic heterocycles. The Morgan fingerprint density at radius 3 is 2.56 bits per heavy atom. The van der Waals surface area contributed by atoms with Crippen molar-refractivity contribution < 1.29 is 29.3 Å². The average Bonchev–Trinajstić information content (AvgIpc) is 3.14. The summed E-state index contributed by atoms with van der Waals surface area (Å²) in [5.41, 5.74) is -1.91. The second-order valence-electron chi connectivity index (χ2n) is 7.57. The Morgan fingerprint density at radius 2 is 1.92 bits per heavy atom. The molecule has 2 aliphatic rings. The van der Waals surface area contributed by atoms with Crippen LogP contribution < -0.4 is 0 Å². The number of rotatable bonds is 7. The van der Waals surface area contributed by atoms with Crippen LogP contribution in [0.15, 0.2) is 0 Å². The van der Waals surface area contributed by atoms with E-state index in [1.807, 2.05) is 6.92 Å². The molecule has 0 amide bonds. The van der Waals surface area contributed by atoms with Gasteiger partial charge in [0.1, 0.15) is 6.10 Å². The Hall–Kier alpha value is -1.18. The van der Waals surface area contributed by atoms with Crippen LogP contribution in [0.2, 0.25) is 0 Å². The second-order valence-corrected chi connectivity index (χ2v) is 7.57. The van der Waals surface area contributed by atoms with Gasteiger partial charge in [-0.1, -0.05) is 13.8 Å². The van der Waals surface area contributed by atoms with E-state index >= 15 is 0 Å². The van der Waals surface area contributed by atoms with Crippen LogP contribution >= 0.6 is 0 Å². The third-order valence-corrected chi connectivity index (χ3v) is 5.74. The van der Waals surface area contributed by atoms with Crippen LogP contribution in [-0.4, -0.2) is 70.6 Å². The van der Waals surface area contributed by atoms with Crippen molar-refractivity contribution in [3.63, 3.8) is 0 Å². The second kappa shape index (κ2) is 8.01. The lowest BCUT2D eigenvalue weighted by atomic mass is 9.97. The van der Waals surface area contributed by atoms with Gasteiger partial charge in [-0.3, -0.25) is 9.69 Å². The van der Waals surface area contributed by atoms with Gasteiger partial charge < -0.3 is 19.7 Å². The Morgan fingerprint density at radius 1 is 1.28 bits per heavy atom. The fourth-order valence-electron chi connectivity index (χ4n) is 3.49. The maximum absolute atomic E-state index is 12.3. The zero-order valence-electron chi connectivity index (χ0n) is 15.6. The number of ether oxygens (including phenoxy) is 2. The molecule has 0 saturated carbocycles. The first-order valence-corrected chi connectivity index (χ1v) is 9.20. The highest BCUT2D eigenvalue weighted by molar-refractivity contribution is 5.80. The maximum atomic E-state index is 12.3. The molecular formula is C18H31NO6. The maximum Gasteiger partial charge on any atom is 0.341 e. The highest BCUT2D eigenvalue weighted by atomic mass is 16.6. The van der Waals surface area contributed by atoms with E-state index in [1.165, 1.54) is 13.8 Å². The van der Waals surface area contributed by atoms with E-state index in [4.69, 9.17) is 9.47 Å². The van der Waals surface area contributed by atoms with Crippen LogP contribution in [0.1, 0.15) is 47.0 Å². The van der Waals surface area contributed by atoms with Crippen molar-refractivity contribution in [1.82, 2.24) is 4.90 Å². The summed E-state index contributed by atoms with van der Waals surface area (Å²) in [6.45, 7) is 8.31. The van der Waals surface area contributed by atoms with Gasteiger partial charge in [0.25, 0.3) is 0 Å². The van der Waals surface area contributed by atoms with Crippen molar-refractivity contribution in [2.75, 3.05) is 19.7 Å². The molecule has 2 rings (SSSR count).